The Balaban J connectivity index is 1.53. The predicted octanol–water partition coefficient (Wildman–Crippen LogP) is 7.25. The van der Waals surface area contributed by atoms with E-state index in [4.69, 9.17) is 14.5 Å². The summed E-state index contributed by atoms with van der Waals surface area (Å²) in [6.45, 7) is 0.455. The van der Waals surface area contributed by atoms with Crippen molar-refractivity contribution in [2.24, 2.45) is 5.92 Å². The number of nitriles is 1. The van der Waals surface area contributed by atoms with Gasteiger partial charge in [0.2, 0.25) is 5.91 Å². The second-order valence-electron chi connectivity index (χ2n) is 13.2. The maximum atomic E-state index is 17.5. The van der Waals surface area contributed by atoms with E-state index in [2.05, 4.69) is 10.6 Å². The number of benzene rings is 3. The molecular formula is C38H38FN5O5S. The van der Waals surface area contributed by atoms with Crippen LogP contribution in [0.4, 0.5) is 9.18 Å². The third kappa shape index (κ3) is 5.58. The van der Waals surface area contributed by atoms with Crippen LogP contribution in [0.25, 0.3) is 43.7 Å². The number of hydrogen-bond donors (Lipinski definition) is 1. The van der Waals surface area contributed by atoms with Crippen LogP contribution in [0.1, 0.15) is 36.6 Å². The lowest BCUT2D eigenvalue weighted by Gasteiger charge is -2.39. The van der Waals surface area contributed by atoms with Gasteiger partial charge in [0.15, 0.2) is 12.6 Å². The van der Waals surface area contributed by atoms with Crippen LogP contribution in [0.5, 0.6) is 5.75 Å². The molecule has 8 rings (SSSR count). The SMILES string of the molecule is COCOc1cc(-c2c(CCC#N)cc3c(nc(SC)c4cc(CCC(=O)N(C)C)n([C@H]5[C@@H]6C[C@H]5N(C(=O)O)C6)c43)c2F)c2ccccc2c1. The van der Waals surface area contributed by atoms with Gasteiger partial charge in [0.05, 0.1) is 23.7 Å². The zero-order chi connectivity index (χ0) is 35.3. The van der Waals surface area contributed by atoms with Crippen molar-refractivity contribution in [2.75, 3.05) is 40.8 Å². The molecule has 2 aromatic heterocycles. The first-order valence-corrected chi connectivity index (χ1v) is 17.8. The fraction of sp³-hybridized carbons (Fsp3) is 0.368. The molecule has 2 amide bonds. The van der Waals surface area contributed by atoms with E-state index in [9.17, 15) is 20.0 Å². The molecule has 0 unspecified atom stereocenters. The lowest BCUT2D eigenvalue weighted by atomic mass is 9.79. The Morgan fingerprint density at radius 1 is 1.14 bits per heavy atom. The average molecular weight is 696 g/mol. The van der Waals surface area contributed by atoms with Crippen molar-refractivity contribution in [2.45, 2.75) is 49.2 Å². The number of carbonyl (C=O) groups is 2. The van der Waals surface area contributed by atoms with E-state index in [1.807, 2.05) is 54.8 Å². The van der Waals surface area contributed by atoms with Gasteiger partial charge in [-0.2, -0.15) is 5.26 Å². The molecule has 2 aliphatic heterocycles. The van der Waals surface area contributed by atoms with Gasteiger partial charge in [0.25, 0.3) is 0 Å². The van der Waals surface area contributed by atoms with Gasteiger partial charge in [0.1, 0.15) is 16.3 Å². The van der Waals surface area contributed by atoms with Gasteiger partial charge in [0, 0.05) is 68.5 Å². The van der Waals surface area contributed by atoms with Crippen molar-refractivity contribution < 1.29 is 28.6 Å². The Morgan fingerprint density at radius 3 is 2.64 bits per heavy atom. The van der Waals surface area contributed by atoms with Gasteiger partial charge in [-0.05, 0) is 71.7 Å². The maximum Gasteiger partial charge on any atom is 0.407 e. The number of halogens is 1. The Morgan fingerprint density at radius 2 is 1.94 bits per heavy atom. The summed E-state index contributed by atoms with van der Waals surface area (Å²) in [7, 11) is 4.99. The number of carboxylic acid groups (broad SMARTS) is 1. The highest BCUT2D eigenvalue weighted by atomic mass is 32.2. The predicted molar refractivity (Wildman–Crippen MR) is 191 cm³/mol. The minimum atomic E-state index is -0.949. The summed E-state index contributed by atoms with van der Waals surface area (Å²) >= 11 is 1.42. The summed E-state index contributed by atoms with van der Waals surface area (Å²) in [5.41, 5.74) is 3.52. The van der Waals surface area contributed by atoms with E-state index in [-0.39, 0.29) is 49.1 Å². The second kappa shape index (κ2) is 13.5. The largest absolute Gasteiger partial charge is 0.468 e. The molecule has 1 saturated carbocycles. The number of aryl methyl sites for hydroxylation is 2. The van der Waals surface area contributed by atoms with E-state index in [0.29, 0.717) is 52.2 Å². The average Bonchev–Trinajstić information content (AvgIpc) is 3.82. The quantitative estimate of drug-likeness (QED) is 0.113. The zero-order valence-electron chi connectivity index (χ0n) is 28.4. The van der Waals surface area contributed by atoms with Gasteiger partial charge in [-0.25, -0.2) is 14.2 Å². The first kappa shape index (κ1) is 33.6. The molecule has 2 saturated heterocycles. The lowest BCUT2D eigenvalue weighted by Crippen LogP contribution is -2.42. The number of thioether (sulfide) groups is 1. The monoisotopic (exact) mass is 695 g/mol. The molecule has 4 heterocycles. The highest BCUT2D eigenvalue weighted by Crippen LogP contribution is 2.53. The number of amides is 2. The Bertz CT molecular complexity index is 2210. The van der Waals surface area contributed by atoms with Crippen molar-refractivity contribution in [1.82, 2.24) is 19.4 Å². The minimum Gasteiger partial charge on any atom is -0.468 e. The highest BCUT2D eigenvalue weighted by Gasteiger charge is 2.55. The van der Waals surface area contributed by atoms with Crippen LogP contribution >= 0.6 is 11.8 Å². The number of methoxy groups -OCH3 is 1. The number of hydrogen-bond acceptors (Lipinski definition) is 7. The standard InChI is InChI=1S/C38H38FN5O5S/c1-42(2)31(45)12-11-24-17-29-36(44(24)35-23-16-30(35)43(19-23)38(46)47)28-15-22(9-7-13-40)32(33(39)34(28)41-37(29)50-4)27-18-25(49-20-48-3)14-21-8-5-6-10-26(21)27/h5-6,8,10,14-15,17-18,23,30,35H,7,9,11-12,16,19-20H2,1-4H3,(H,46,47)/t23-,30-,35+/m1/s1. The van der Waals surface area contributed by atoms with Gasteiger partial charge in [-0.1, -0.05) is 24.3 Å². The molecule has 50 heavy (non-hydrogen) atoms. The van der Waals surface area contributed by atoms with Crippen LogP contribution in [-0.2, 0) is 22.4 Å². The number of pyridine rings is 1. The van der Waals surface area contributed by atoms with Gasteiger partial charge in [-0.15, -0.1) is 11.8 Å². The topological polar surface area (TPSA) is 121 Å². The van der Waals surface area contributed by atoms with Crippen LogP contribution in [0, 0.1) is 23.1 Å². The molecule has 10 nitrogen and oxygen atoms in total. The minimum absolute atomic E-state index is 0.0166. The summed E-state index contributed by atoms with van der Waals surface area (Å²) in [5, 5.41) is 23.5. The summed E-state index contributed by atoms with van der Waals surface area (Å²) < 4.78 is 30.7. The lowest BCUT2D eigenvalue weighted by molar-refractivity contribution is -0.128. The Labute approximate surface area is 293 Å². The molecule has 0 radical (unpaired) electrons. The van der Waals surface area contributed by atoms with Gasteiger partial charge in [-0.3, -0.25) is 4.79 Å². The van der Waals surface area contributed by atoms with Crippen molar-refractivity contribution in [1.29, 1.82) is 5.26 Å². The molecule has 1 aliphatic carbocycles. The fourth-order valence-electron chi connectivity index (χ4n) is 7.88. The summed E-state index contributed by atoms with van der Waals surface area (Å²) in [6.07, 6.45) is 2.90. The van der Waals surface area contributed by atoms with E-state index >= 15 is 4.39 Å². The zero-order valence-corrected chi connectivity index (χ0v) is 29.2. The van der Waals surface area contributed by atoms with Crippen molar-refractivity contribution >= 4 is 56.3 Å². The second-order valence-corrected chi connectivity index (χ2v) is 14.0. The molecule has 3 fully saturated rings. The van der Waals surface area contributed by atoms with Crippen LogP contribution in [0.2, 0.25) is 0 Å². The van der Waals surface area contributed by atoms with Crippen molar-refractivity contribution in [3.63, 3.8) is 0 Å². The molecule has 2 bridgehead atoms. The summed E-state index contributed by atoms with van der Waals surface area (Å²) in [5.74, 6) is 0.104. The highest BCUT2D eigenvalue weighted by molar-refractivity contribution is 7.98. The molecule has 3 atom stereocenters. The third-order valence-corrected chi connectivity index (χ3v) is 10.9. The van der Waals surface area contributed by atoms with Gasteiger partial charge >= 0.3 is 6.09 Å². The number of carbonyl (C=O) groups excluding carboxylic acids is 1. The smallest absolute Gasteiger partial charge is 0.407 e. The number of ether oxygens (including phenoxy) is 2. The van der Waals surface area contributed by atoms with Crippen LogP contribution in [0.15, 0.2) is 53.6 Å². The number of fused-ring (bicyclic) bond motifs is 5. The van der Waals surface area contributed by atoms with Crippen LogP contribution in [0.3, 0.4) is 0 Å². The number of aromatic nitrogens is 2. The molecule has 0 spiro atoms. The third-order valence-electron chi connectivity index (χ3n) is 10.2. The van der Waals surface area contributed by atoms with Gasteiger partial charge < -0.3 is 28.9 Å². The fourth-order valence-corrected chi connectivity index (χ4v) is 8.44. The van der Waals surface area contributed by atoms with E-state index in [1.165, 1.54) is 23.8 Å². The van der Waals surface area contributed by atoms with Crippen LogP contribution < -0.4 is 4.74 Å². The molecule has 12 heteroatoms. The Kier molecular flexibility index (Phi) is 9.05. The van der Waals surface area contributed by atoms with E-state index in [1.54, 1.807) is 19.0 Å². The van der Waals surface area contributed by atoms with Crippen LogP contribution in [-0.4, -0.2) is 83.3 Å². The first-order valence-electron chi connectivity index (χ1n) is 16.6. The number of nitrogens with zero attached hydrogens (tertiary/aromatic N) is 5. The number of rotatable bonds is 11. The van der Waals surface area contributed by atoms with Crippen molar-refractivity contribution in [3.8, 4) is 22.9 Å². The molecule has 3 aliphatic rings. The Hall–Kier alpha value is -4.86. The molecule has 3 aromatic carbocycles. The van der Waals surface area contributed by atoms with E-state index in [0.717, 1.165) is 33.8 Å². The van der Waals surface area contributed by atoms with Crippen molar-refractivity contribution in [3.05, 3.63) is 65.6 Å². The molecule has 5 aromatic rings. The molecule has 258 valence electrons. The summed E-state index contributed by atoms with van der Waals surface area (Å²) in [4.78, 5) is 33.0. The first-order chi connectivity index (χ1) is 24.2. The molecular weight excluding hydrogens is 658 g/mol. The molecule has 1 N–H and O–H groups in total. The van der Waals surface area contributed by atoms with E-state index < -0.39 is 11.9 Å². The maximum absolute atomic E-state index is 17.5. The summed E-state index contributed by atoms with van der Waals surface area (Å²) in [6, 6.07) is 17.3. The normalized spacial score (nSPS) is 18.1.